The summed E-state index contributed by atoms with van der Waals surface area (Å²) in [5.41, 5.74) is 3.59. The third kappa shape index (κ3) is 4.37. The quantitative estimate of drug-likeness (QED) is 0.357. The van der Waals surface area contributed by atoms with E-state index in [0.29, 0.717) is 35.0 Å². The molecule has 8 nitrogen and oxygen atoms in total. The normalized spacial score (nSPS) is 15.1. The lowest BCUT2D eigenvalue weighted by Crippen LogP contribution is -2.25. The maximum atomic E-state index is 12.5. The summed E-state index contributed by atoms with van der Waals surface area (Å²) in [6.45, 7) is 5.65. The SMILES string of the molecule is COc1ccc(-c2nc(-c3ccc4cc5n(c4c3)C(CC(=O)OC(C)(C)C)CC5)no2)cc1C#N. The van der Waals surface area contributed by atoms with Crippen LogP contribution >= 0.6 is 0 Å². The molecule has 178 valence electrons. The fourth-order valence-corrected chi connectivity index (χ4v) is 4.64. The number of methoxy groups -OCH3 is 1. The summed E-state index contributed by atoms with van der Waals surface area (Å²) < 4.78 is 18.5. The Balaban J connectivity index is 1.45. The van der Waals surface area contributed by atoms with Crippen molar-refractivity contribution in [2.75, 3.05) is 7.11 Å². The number of nitrogens with zero attached hydrogens (tertiary/aromatic N) is 4. The number of benzene rings is 2. The minimum absolute atomic E-state index is 0.0529. The van der Waals surface area contributed by atoms with Crippen LogP contribution in [0.5, 0.6) is 5.75 Å². The molecule has 1 aliphatic rings. The molecule has 0 aliphatic carbocycles. The predicted octanol–water partition coefficient (Wildman–Crippen LogP) is 5.46. The van der Waals surface area contributed by atoms with Gasteiger partial charge in [0.05, 0.1) is 19.1 Å². The van der Waals surface area contributed by atoms with Crippen LogP contribution in [-0.4, -0.2) is 33.4 Å². The van der Waals surface area contributed by atoms with Gasteiger partial charge in [0.2, 0.25) is 5.82 Å². The van der Waals surface area contributed by atoms with Crippen LogP contribution < -0.4 is 4.74 Å². The first-order valence-corrected chi connectivity index (χ1v) is 11.5. The Bertz CT molecular complexity index is 1470. The van der Waals surface area contributed by atoms with Gasteiger partial charge in [0.1, 0.15) is 17.4 Å². The summed E-state index contributed by atoms with van der Waals surface area (Å²) in [5, 5.41) is 14.6. The minimum Gasteiger partial charge on any atom is -0.495 e. The summed E-state index contributed by atoms with van der Waals surface area (Å²) in [5.74, 6) is 1.08. The van der Waals surface area contributed by atoms with Crippen LogP contribution in [0.1, 0.15) is 50.9 Å². The molecule has 0 fully saturated rings. The molecule has 0 saturated carbocycles. The van der Waals surface area contributed by atoms with Crippen molar-refractivity contribution in [3.05, 3.63) is 53.7 Å². The number of ether oxygens (including phenoxy) is 2. The molecule has 1 aliphatic heterocycles. The van der Waals surface area contributed by atoms with Gasteiger partial charge in [-0.15, -0.1) is 0 Å². The standard InChI is InChI=1S/C27H26N4O4/c1-27(2,3)34-24(32)14-21-9-8-20-12-16-5-6-17(13-22(16)31(20)21)25-29-26(35-30-25)18-7-10-23(33-4)19(11-18)15-28/h5-7,10-13,21H,8-9,14H2,1-4H3. The van der Waals surface area contributed by atoms with Crippen molar-refractivity contribution in [1.29, 1.82) is 5.26 Å². The van der Waals surface area contributed by atoms with Crippen LogP contribution in [-0.2, 0) is 16.0 Å². The number of rotatable bonds is 5. The van der Waals surface area contributed by atoms with Gasteiger partial charge in [-0.1, -0.05) is 17.3 Å². The van der Waals surface area contributed by atoms with E-state index in [1.165, 1.54) is 12.8 Å². The largest absolute Gasteiger partial charge is 0.495 e. The van der Waals surface area contributed by atoms with E-state index in [2.05, 4.69) is 26.8 Å². The summed E-state index contributed by atoms with van der Waals surface area (Å²) in [4.78, 5) is 17.1. The topological polar surface area (TPSA) is 103 Å². The van der Waals surface area contributed by atoms with Crippen molar-refractivity contribution >= 4 is 16.9 Å². The predicted molar refractivity (Wildman–Crippen MR) is 130 cm³/mol. The number of hydrogen-bond acceptors (Lipinski definition) is 7. The van der Waals surface area contributed by atoms with E-state index in [4.69, 9.17) is 14.0 Å². The zero-order valence-corrected chi connectivity index (χ0v) is 20.2. The van der Waals surface area contributed by atoms with Gasteiger partial charge in [0.25, 0.3) is 5.89 Å². The first kappa shape index (κ1) is 22.7. The van der Waals surface area contributed by atoms with Gasteiger partial charge in [-0.3, -0.25) is 4.79 Å². The number of nitriles is 1. The minimum atomic E-state index is -0.501. The van der Waals surface area contributed by atoms with Crippen molar-refractivity contribution < 1.29 is 18.8 Å². The van der Waals surface area contributed by atoms with Gasteiger partial charge in [0, 0.05) is 28.4 Å². The average Bonchev–Trinajstić information content (AvgIpc) is 3.53. The number of hydrogen-bond donors (Lipinski definition) is 0. The zero-order chi connectivity index (χ0) is 24.7. The number of esters is 1. The molecule has 3 heterocycles. The Morgan fingerprint density at radius 2 is 2.00 bits per heavy atom. The lowest BCUT2D eigenvalue weighted by molar-refractivity contribution is -0.155. The molecular formula is C27H26N4O4. The molecule has 0 bridgehead atoms. The monoisotopic (exact) mass is 470 g/mol. The highest BCUT2D eigenvalue weighted by molar-refractivity contribution is 5.86. The second-order valence-electron chi connectivity index (χ2n) is 9.71. The Hall–Kier alpha value is -4.12. The smallest absolute Gasteiger partial charge is 0.308 e. The van der Waals surface area contributed by atoms with Gasteiger partial charge >= 0.3 is 5.97 Å². The molecule has 0 N–H and O–H groups in total. The van der Waals surface area contributed by atoms with E-state index < -0.39 is 5.60 Å². The Morgan fingerprint density at radius 3 is 2.74 bits per heavy atom. The molecule has 0 saturated heterocycles. The van der Waals surface area contributed by atoms with E-state index in [9.17, 15) is 10.1 Å². The summed E-state index contributed by atoms with van der Waals surface area (Å²) in [6.07, 6.45) is 2.16. The number of aromatic nitrogens is 3. The fourth-order valence-electron chi connectivity index (χ4n) is 4.64. The lowest BCUT2D eigenvalue weighted by atomic mass is 10.1. The van der Waals surface area contributed by atoms with E-state index >= 15 is 0 Å². The summed E-state index contributed by atoms with van der Waals surface area (Å²) in [6, 6.07) is 15.5. The van der Waals surface area contributed by atoms with Crippen LogP contribution in [0, 0.1) is 11.3 Å². The highest BCUT2D eigenvalue weighted by Crippen LogP contribution is 2.37. The first-order valence-electron chi connectivity index (χ1n) is 11.5. The molecule has 4 aromatic rings. The maximum Gasteiger partial charge on any atom is 0.308 e. The van der Waals surface area contributed by atoms with Crippen molar-refractivity contribution in [1.82, 2.24) is 14.7 Å². The molecule has 1 atom stereocenters. The van der Waals surface area contributed by atoms with Crippen LogP contribution in [0.2, 0.25) is 0 Å². The van der Waals surface area contributed by atoms with Gasteiger partial charge < -0.3 is 18.6 Å². The second kappa shape index (κ2) is 8.58. The van der Waals surface area contributed by atoms with Gasteiger partial charge in [-0.2, -0.15) is 10.2 Å². The Labute approximate surface area is 203 Å². The molecule has 5 rings (SSSR count). The van der Waals surface area contributed by atoms with Crippen LogP contribution in [0.25, 0.3) is 33.7 Å². The summed E-state index contributed by atoms with van der Waals surface area (Å²) >= 11 is 0. The molecule has 0 amide bonds. The van der Waals surface area contributed by atoms with Crippen molar-refractivity contribution in [2.24, 2.45) is 0 Å². The number of aryl methyl sites for hydroxylation is 1. The van der Waals surface area contributed by atoms with E-state index in [0.717, 1.165) is 29.3 Å². The molecule has 8 heteroatoms. The molecule has 0 radical (unpaired) electrons. The van der Waals surface area contributed by atoms with E-state index in [1.54, 1.807) is 18.2 Å². The van der Waals surface area contributed by atoms with Crippen molar-refractivity contribution in [3.8, 4) is 34.7 Å². The van der Waals surface area contributed by atoms with Crippen molar-refractivity contribution in [2.45, 2.75) is 51.7 Å². The Kier molecular flexibility index (Phi) is 5.56. The Morgan fingerprint density at radius 1 is 1.20 bits per heavy atom. The number of fused-ring (bicyclic) bond motifs is 3. The highest BCUT2D eigenvalue weighted by Gasteiger charge is 2.28. The third-order valence-electron chi connectivity index (χ3n) is 6.09. The lowest BCUT2D eigenvalue weighted by Gasteiger charge is -2.22. The second-order valence-corrected chi connectivity index (χ2v) is 9.71. The first-order chi connectivity index (χ1) is 16.8. The van der Waals surface area contributed by atoms with Gasteiger partial charge in [-0.25, -0.2) is 0 Å². The maximum absolute atomic E-state index is 12.5. The van der Waals surface area contributed by atoms with Gasteiger partial charge in [-0.05, 0) is 69.3 Å². The van der Waals surface area contributed by atoms with Crippen LogP contribution in [0.4, 0.5) is 0 Å². The molecular weight excluding hydrogens is 444 g/mol. The van der Waals surface area contributed by atoms with Crippen LogP contribution in [0.3, 0.4) is 0 Å². The molecule has 1 unspecified atom stereocenters. The van der Waals surface area contributed by atoms with E-state index in [1.807, 2.05) is 39.0 Å². The van der Waals surface area contributed by atoms with E-state index in [-0.39, 0.29) is 12.0 Å². The van der Waals surface area contributed by atoms with Crippen molar-refractivity contribution in [3.63, 3.8) is 0 Å². The molecule has 2 aromatic heterocycles. The average molecular weight is 471 g/mol. The third-order valence-corrected chi connectivity index (χ3v) is 6.09. The molecule has 0 spiro atoms. The van der Waals surface area contributed by atoms with Crippen LogP contribution in [0.15, 0.2) is 47.0 Å². The number of carbonyl (C=O) groups is 1. The molecule has 2 aromatic carbocycles. The van der Waals surface area contributed by atoms with Gasteiger partial charge in [0.15, 0.2) is 0 Å². The summed E-state index contributed by atoms with van der Waals surface area (Å²) in [7, 11) is 1.52. The number of carbonyl (C=O) groups excluding carboxylic acids is 1. The zero-order valence-electron chi connectivity index (χ0n) is 20.2. The highest BCUT2D eigenvalue weighted by atomic mass is 16.6. The fraction of sp³-hybridized carbons (Fsp3) is 0.333. The molecule has 35 heavy (non-hydrogen) atoms.